The molecule has 1 nitrogen and oxygen atoms in total. The highest BCUT2D eigenvalue weighted by Gasteiger charge is 2.19. The second-order valence-corrected chi connectivity index (χ2v) is 7.78. The van der Waals surface area contributed by atoms with E-state index in [2.05, 4.69) is 48.5 Å². The van der Waals surface area contributed by atoms with E-state index >= 15 is 0 Å². The van der Waals surface area contributed by atoms with Crippen molar-refractivity contribution in [3.05, 3.63) is 90.5 Å². The lowest BCUT2D eigenvalue weighted by Gasteiger charge is -2.16. The van der Waals surface area contributed by atoms with E-state index in [-0.39, 0.29) is 0 Å². The van der Waals surface area contributed by atoms with Crippen molar-refractivity contribution in [2.75, 3.05) is 0 Å². The van der Waals surface area contributed by atoms with Crippen molar-refractivity contribution >= 4 is 41.2 Å². The fourth-order valence-corrected chi connectivity index (χ4v) is 5.16. The molecule has 0 saturated carbocycles. The molecule has 0 bridgehead atoms. The zero-order chi connectivity index (χ0) is 15.4. The van der Waals surface area contributed by atoms with Crippen LogP contribution in [0.1, 0.15) is 10.4 Å². The molecule has 3 heteroatoms. The molecular weight excluding hydrogens is 308 g/mol. The molecular formula is C19H14ClOSi. The number of carbonyl (C=O) groups is 1. The summed E-state index contributed by atoms with van der Waals surface area (Å²) >= 11 is 5.54. The Labute approximate surface area is 136 Å². The standard InChI is InChI=1S/C19H14ClOSi/c20-19(21)15-11-13-18(14-12-15)22(16-7-3-1-4-8-16)17-9-5-2-6-10-17/h1-14H. The van der Waals surface area contributed by atoms with Gasteiger partial charge in [-0.15, -0.1) is 0 Å². The normalized spacial score (nSPS) is 10.6. The third-order valence-corrected chi connectivity index (χ3v) is 6.48. The Hall–Kier alpha value is -2.16. The lowest BCUT2D eigenvalue weighted by Crippen LogP contribution is -2.51. The number of hydrogen-bond acceptors (Lipinski definition) is 1. The van der Waals surface area contributed by atoms with Crippen LogP contribution in [0.2, 0.25) is 0 Å². The summed E-state index contributed by atoms with van der Waals surface area (Å²) in [6, 6.07) is 28.7. The van der Waals surface area contributed by atoms with Gasteiger partial charge in [-0.25, -0.2) is 0 Å². The van der Waals surface area contributed by atoms with Crippen molar-refractivity contribution in [1.82, 2.24) is 0 Å². The number of hydrogen-bond donors (Lipinski definition) is 0. The van der Waals surface area contributed by atoms with E-state index < -0.39 is 14.0 Å². The smallest absolute Gasteiger partial charge is 0.252 e. The summed E-state index contributed by atoms with van der Waals surface area (Å²) in [5.41, 5.74) is 0.535. The minimum atomic E-state index is -1.07. The fourth-order valence-electron chi connectivity index (χ4n) is 2.48. The van der Waals surface area contributed by atoms with Gasteiger partial charge in [0.05, 0.1) is 0 Å². The van der Waals surface area contributed by atoms with Crippen LogP contribution in [0.15, 0.2) is 84.9 Å². The average molecular weight is 322 g/mol. The minimum absolute atomic E-state index is 0.417. The maximum atomic E-state index is 11.2. The van der Waals surface area contributed by atoms with Crippen LogP contribution in [-0.2, 0) is 0 Å². The zero-order valence-electron chi connectivity index (χ0n) is 11.9. The monoisotopic (exact) mass is 321 g/mol. The van der Waals surface area contributed by atoms with E-state index in [9.17, 15) is 4.79 Å². The van der Waals surface area contributed by atoms with Gasteiger partial charge in [-0.3, -0.25) is 4.79 Å². The molecule has 0 N–H and O–H groups in total. The van der Waals surface area contributed by atoms with Gasteiger partial charge in [-0.1, -0.05) is 100 Å². The second kappa shape index (κ2) is 6.73. The quantitative estimate of drug-likeness (QED) is 0.410. The van der Waals surface area contributed by atoms with Crippen LogP contribution >= 0.6 is 11.6 Å². The summed E-state index contributed by atoms with van der Waals surface area (Å²) in [6.07, 6.45) is 0. The van der Waals surface area contributed by atoms with Gasteiger partial charge in [0.25, 0.3) is 5.24 Å². The van der Waals surface area contributed by atoms with E-state index in [1.54, 1.807) is 12.1 Å². The Morgan fingerprint density at radius 1 is 0.636 bits per heavy atom. The molecule has 0 saturated heterocycles. The molecule has 3 rings (SSSR count). The molecule has 107 valence electrons. The molecule has 0 aliphatic heterocycles. The Morgan fingerprint density at radius 3 is 1.45 bits per heavy atom. The Balaban J connectivity index is 2.08. The number of halogens is 1. The molecule has 3 aromatic rings. The van der Waals surface area contributed by atoms with Crippen LogP contribution in [0.5, 0.6) is 0 Å². The largest absolute Gasteiger partial charge is 0.276 e. The zero-order valence-corrected chi connectivity index (χ0v) is 13.6. The third kappa shape index (κ3) is 3.19. The number of rotatable bonds is 4. The molecule has 0 aliphatic rings. The van der Waals surface area contributed by atoms with E-state index in [1.807, 2.05) is 24.3 Å². The molecule has 22 heavy (non-hydrogen) atoms. The molecule has 0 atom stereocenters. The lowest BCUT2D eigenvalue weighted by molar-refractivity contribution is 0.108. The van der Waals surface area contributed by atoms with Crippen LogP contribution in [0, 0.1) is 0 Å². The van der Waals surface area contributed by atoms with Crippen LogP contribution in [0.3, 0.4) is 0 Å². The highest BCUT2D eigenvalue weighted by molar-refractivity contribution is 6.95. The van der Waals surface area contributed by atoms with E-state index in [0.717, 1.165) is 0 Å². The van der Waals surface area contributed by atoms with Gasteiger partial charge in [0, 0.05) is 5.56 Å². The first-order valence-electron chi connectivity index (χ1n) is 7.04. The first-order valence-corrected chi connectivity index (χ1v) is 8.91. The maximum absolute atomic E-state index is 11.2. The van der Waals surface area contributed by atoms with Crippen molar-refractivity contribution in [3.8, 4) is 0 Å². The Kier molecular flexibility index (Phi) is 4.52. The Morgan fingerprint density at radius 2 is 1.05 bits per heavy atom. The molecule has 3 aromatic carbocycles. The van der Waals surface area contributed by atoms with Gasteiger partial charge in [0.1, 0.15) is 0 Å². The summed E-state index contributed by atoms with van der Waals surface area (Å²) in [7, 11) is -1.07. The molecule has 1 radical (unpaired) electrons. The summed E-state index contributed by atoms with van der Waals surface area (Å²) in [5, 5.41) is 3.47. The van der Waals surface area contributed by atoms with Gasteiger partial charge in [0.2, 0.25) is 0 Å². The third-order valence-electron chi connectivity index (χ3n) is 3.53. The van der Waals surface area contributed by atoms with Crippen molar-refractivity contribution in [2.24, 2.45) is 0 Å². The van der Waals surface area contributed by atoms with Crippen molar-refractivity contribution < 1.29 is 4.79 Å². The summed E-state index contributed by atoms with van der Waals surface area (Å²) in [6.45, 7) is 0. The first kappa shape index (κ1) is 14.8. The highest BCUT2D eigenvalue weighted by Crippen LogP contribution is 2.03. The predicted molar refractivity (Wildman–Crippen MR) is 94.2 cm³/mol. The number of carbonyl (C=O) groups excluding carboxylic acids is 1. The summed E-state index contributed by atoms with van der Waals surface area (Å²) < 4.78 is 0. The van der Waals surface area contributed by atoms with Crippen molar-refractivity contribution in [3.63, 3.8) is 0 Å². The van der Waals surface area contributed by atoms with Crippen LogP contribution in [0.4, 0.5) is 0 Å². The number of benzene rings is 3. The van der Waals surface area contributed by atoms with Crippen LogP contribution in [0.25, 0.3) is 0 Å². The fraction of sp³-hybridized carbons (Fsp3) is 0. The molecule has 0 aliphatic carbocycles. The summed E-state index contributed by atoms with van der Waals surface area (Å²) in [4.78, 5) is 11.2. The highest BCUT2D eigenvalue weighted by atomic mass is 35.5. The Bertz CT molecular complexity index is 715. The van der Waals surface area contributed by atoms with Crippen molar-refractivity contribution in [2.45, 2.75) is 0 Å². The van der Waals surface area contributed by atoms with E-state index in [0.29, 0.717) is 5.56 Å². The average Bonchev–Trinajstić information content (AvgIpc) is 2.57. The predicted octanol–water partition coefficient (Wildman–Crippen LogP) is 2.58. The van der Waals surface area contributed by atoms with Gasteiger partial charge in [-0.2, -0.15) is 0 Å². The van der Waals surface area contributed by atoms with Crippen LogP contribution in [-0.4, -0.2) is 14.0 Å². The molecule has 0 heterocycles. The topological polar surface area (TPSA) is 17.1 Å². The minimum Gasteiger partial charge on any atom is -0.276 e. The first-order chi connectivity index (χ1) is 10.8. The lowest BCUT2D eigenvalue weighted by atomic mass is 10.2. The SMILES string of the molecule is O=C(Cl)c1ccc([Si](c2ccccc2)c2ccccc2)cc1. The van der Waals surface area contributed by atoms with Crippen LogP contribution < -0.4 is 15.6 Å². The molecule has 0 amide bonds. The summed E-state index contributed by atoms with van der Waals surface area (Å²) in [5.74, 6) is 0. The van der Waals surface area contributed by atoms with Gasteiger partial charge in [-0.05, 0) is 11.6 Å². The van der Waals surface area contributed by atoms with Gasteiger partial charge >= 0.3 is 0 Å². The molecule has 0 aromatic heterocycles. The van der Waals surface area contributed by atoms with E-state index in [1.165, 1.54) is 15.6 Å². The molecule has 0 spiro atoms. The second-order valence-electron chi connectivity index (χ2n) is 4.96. The maximum Gasteiger partial charge on any atom is 0.252 e. The van der Waals surface area contributed by atoms with Gasteiger partial charge < -0.3 is 0 Å². The molecule has 0 unspecified atom stereocenters. The van der Waals surface area contributed by atoms with Crippen molar-refractivity contribution in [1.29, 1.82) is 0 Å². The van der Waals surface area contributed by atoms with Gasteiger partial charge in [0.15, 0.2) is 8.80 Å². The molecule has 0 fully saturated rings. The van der Waals surface area contributed by atoms with E-state index in [4.69, 9.17) is 11.6 Å².